The van der Waals surface area contributed by atoms with E-state index in [0.29, 0.717) is 35.7 Å². The summed E-state index contributed by atoms with van der Waals surface area (Å²) in [5.41, 5.74) is 0.699. The summed E-state index contributed by atoms with van der Waals surface area (Å²) >= 11 is 1.46. The smallest absolute Gasteiger partial charge is 0.244 e. The topological polar surface area (TPSA) is 107 Å². The number of benzene rings is 1. The summed E-state index contributed by atoms with van der Waals surface area (Å²) in [5.74, 6) is 1.93. The third-order valence-electron chi connectivity index (χ3n) is 6.27. The largest absolute Gasteiger partial charge is 0.497 e. The molecule has 2 N–H and O–H groups in total. The van der Waals surface area contributed by atoms with Crippen molar-refractivity contribution in [1.29, 1.82) is 0 Å². The number of carbonyl (C=O) groups is 3. The molecule has 1 aromatic heterocycles. The molecule has 2 rings (SSSR count). The number of Topliss-reactive ketones (excluding diaryl/α,β-unsaturated/α-hetero) is 1. The lowest BCUT2D eigenvalue weighted by Crippen LogP contribution is -2.54. The Hall–Kier alpha value is -3.20. The number of furan rings is 1. The number of amides is 2. The van der Waals surface area contributed by atoms with E-state index in [1.807, 2.05) is 32.9 Å². The highest BCUT2D eigenvalue weighted by atomic mass is 32.2. The summed E-state index contributed by atoms with van der Waals surface area (Å²) in [7, 11) is 3.11. The van der Waals surface area contributed by atoms with Gasteiger partial charge in [0, 0.05) is 17.7 Å². The molecule has 0 aliphatic rings. The molecule has 38 heavy (non-hydrogen) atoms. The van der Waals surface area contributed by atoms with Crippen LogP contribution in [0, 0.1) is 5.92 Å². The molecule has 208 valence electrons. The van der Waals surface area contributed by atoms with Gasteiger partial charge < -0.3 is 24.5 Å². The monoisotopic (exact) mass is 544 g/mol. The van der Waals surface area contributed by atoms with Crippen molar-refractivity contribution >= 4 is 35.4 Å². The van der Waals surface area contributed by atoms with Crippen molar-refractivity contribution in [2.45, 2.75) is 64.3 Å². The Bertz CT molecular complexity index is 1050. The van der Waals surface area contributed by atoms with Gasteiger partial charge in [0.25, 0.3) is 0 Å². The van der Waals surface area contributed by atoms with Gasteiger partial charge in [0.1, 0.15) is 23.3 Å². The molecule has 0 fully saturated rings. The van der Waals surface area contributed by atoms with Crippen molar-refractivity contribution in [2.75, 3.05) is 20.0 Å². The highest BCUT2D eigenvalue weighted by molar-refractivity contribution is 7.99. The van der Waals surface area contributed by atoms with Gasteiger partial charge in [-0.15, -0.1) is 11.8 Å². The van der Waals surface area contributed by atoms with Crippen molar-refractivity contribution in [3.8, 4) is 11.5 Å². The van der Waals surface area contributed by atoms with Crippen LogP contribution in [0.15, 0.2) is 47.1 Å². The Labute approximate surface area is 229 Å². The van der Waals surface area contributed by atoms with Crippen LogP contribution in [0.5, 0.6) is 11.5 Å². The third-order valence-corrected chi connectivity index (χ3v) is 7.25. The summed E-state index contributed by atoms with van der Waals surface area (Å²) in [4.78, 5) is 39.1. The zero-order valence-electron chi connectivity index (χ0n) is 23.0. The first kappa shape index (κ1) is 31.0. The van der Waals surface area contributed by atoms with Gasteiger partial charge in [0.2, 0.25) is 11.8 Å². The molecule has 2 amide bonds. The van der Waals surface area contributed by atoms with Crippen LogP contribution in [0.2, 0.25) is 0 Å². The van der Waals surface area contributed by atoms with E-state index >= 15 is 0 Å². The summed E-state index contributed by atoms with van der Waals surface area (Å²) in [5, 5.41) is 5.75. The van der Waals surface area contributed by atoms with Crippen LogP contribution >= 0.6 is 11.8 Å². The average Bonchev–Trinajstić information content (AvgIpc) is 3.45. The highest BCUT2D eigenvalue weighted by Gasteiger charge is 2.29. The number of ether oxygens (including phenoxy) is 2. The number of thioether (sulfide) groups is 1. The number of ketones is 1. The van der Waals surface area contributed by atoms with Crippen LogP contribution in [-0.2, 0) is 20.1 Å². The second kappa shape index (κ2) is 16.6. The minimum Gasteiger partial charge on any atom is -0.497 e. The number of carbonyl (C=O) groups excluding carboxylic acids is 3. The van der Waals surface area contributed by atoms with E-state index in [4.69, 9.17) is 13.9 Å². The first-order valence-corrected chi connectivity index (χ1v) is 14.1. The van der Waals surface area contributed by atoms with Gasteiger partial charge in [-0.2, -0.15) is 0 Å². The first-order chi connectivity index (χ1) is 18.3. The van der Waals surface area contributed by atoms with Gasteiger partial charge in [-0.3, -0.25) is 14.4 Å². The van der Waals surface area contributed by atoms with E-state index < -0.39 is 18.0 Å². The normalized spacial score (nSPS) is 13.5. The van der Waals surface area contributed by atoms with Crippen LogP contribution in [-0.4, -0.2) is 49.7 Å². The maximum absolute atomic E-state index is 13.3. The molecule has 0 bridgehead atoms. The molecule has 3 atom stereocenters. The van der Waals surface area contributed by atoms with Crippen molar-refractivity contribution in [3.05, 3.63) is 54.0 Å². The Morgan fingerprint density at radius 3 is 2.53 bits per heavy atom. The van der Waals surface area contributed by atoms with Gasteiger partial charge in [0.15, 0.2) is 5.78 Å². The van der Waals surface area contributed by atoms with Gasteiger partial charge >= 0.3 is 0 Å². The number of methoxy groups -OCH3 is 2. The number of nitrogens with one attached hydrogen (secondary N) is 2. The van der Waals surface area contributed by atoms with Gasteiger partial charge in [-0.1, -0.05) is 40.0 Å². The van der Waals surface area contributed by atoms with Gasteiger partial charge in [0.05, 0.1) is 38.0 Å². The lowest BCUT2D eigenvalue weighted by molar-refractivity contribution is -0.131. The molecule has 0 aliphatic heterocycles. The molecule has 0 radical (unpaired) electrons. The third kappa shape index (κ3) is 9.93. The molecule has 2 aromatic rings. The lowest BCUT2D eigenvalue weighted by Gasteiger charge is -2.26. The summed E-state index contributed by atoms with van der Waals surface area (Å²) in [6.45, 7) is 5.91. The molecule has 1 unspecified atom stereocenters. The Kier molecular flexibility index (Phi) is 13.6. The van der Waals surface area contributed by atoms with Crippen molar-refractivity contribution in [1.82, 2.24) is 10.6 Å². The number of hydrogen-bond acceptors (Lipinski definition) is 7. The first-order valence-electron chi connectivity index (χ1n) is 13.0. The molecule has 0 saturated heterocycles. The summed E-state index contributed by atoms with van der Waals surface area (Å²) in [6, 6.07) is 7.59. The molecule has 1 aromatic carbocycles. The summed E-state index contributed by atoms with van der Waals surface area (Å²) < 4.78 is 15.9. The van der Waals surface area contributed by atoms with Gasteiger partial charge in [-0.25, -0.2) is 0 Å². The quantitative estimate of drug-likeness (QED) is 0.269. The van der Waals surface area contributed by atoms with E-state index in [-0.39, 0.29) is 23.4 Å². The maximum Gasteiger partial charge on any atom is 0.244 e. The number of unbranched alkanes of at least 4 members (excludes halogenated alkanes) is 1. The second-order valence-corrected chi connectivity index (χ2v) is 10.0. The van der Waals surface area contributed by atoms with Crippen LogP contribution in [0.4, 0.5) is 0 Å². The van der Waals surface area contributed by atoms with Crippen molar-refractivity contribution in [3.63, 3.8) is 0 Å². The molecular formula is C29H40N2O6S. The van der Waals surface area contributed by atoms with E-state index in [1.54, 1.807) is 44.8 Å². The van der Waals surface area contributed by atoms with Crippen LogP contribution in [0.3, 0.4) is 0 Å². The predicted molar refractivity (Wildman–Crippen MR) is 151 cm³/mol. The van der Waals surface area contributed by atoms with Crippen LogP contribution in [0.25, 0.3) is 6.08 Å². The van der Waals surface area contributed by atoms with Crippen molar-refractivity contribution in [2.24, 2.45) is 5.92 Å². The van der Waals surface area contributed by atoms with Gasteiger partial charge in [-0.05, 0) is 42.7 Å². The van der Waals surface area contributed by atoms with Crippen LogP contribution in [0.1, 0.15) is 57.8 Å². The van der Waals surface area contributed by atoms with E-state index in [9.17, 15) is 14.4 Å². The zero-order chi connectivity index (χ0) is 27.9. The minimum absolute atomic E-state index is 0.0379. The fourth-order valence-electron chi connectivity index (χ4n) is 3.76. The highest BCUT2D eigenvalue weighted by Crippen LogP contribution is 2.25. The molecule has 8 nitrogen and oxygen atoms in total. The SMILES string of the molecule is CCCC[C@H](NC(=O)[C@@H](NC(=O)C=Cc1ccc(OC)cc1OC)C(C)CC)C(=O)CSCc1ccco1. The van der Waals surface area contributed by atoms with E-state index in [0.717, 1.165) is 18.6 Å². The standard InChI is InChI=1S/C29H40N2O6S/c1-6-8-11-24(25(32)19-38-18-23-10-9-16-37-23)30-29(34)28(20(3)7-2)31-27(33)15-13-21-12-14-22(35-4)17-26(21)36-5/h9-10,12-17,20,24,28H,6-8,11,18-19H2,1-5H3,(H,30,34)(H,31,33)/t20?,24-,28-/m0/s1. The second-order valence-electron chi connectivity index (χ2n) is 9.05. The average molecular weight is 545 g/mol. The fourth-order valence-corrected chi connectivity index (χ4v) is 4.63. The Morgan fingerprint density at radius 1 is 1.11 bits per heavy atom. The minimum atomic E-state index is -0.775. The number of hydrogen-bond donors (Lipinski definition) is 2. The molecule has 0 spiro atoms. The van der Waals surface area contributed by atoms with Crippen molar-refractivity contribution < 1.29 is 28.3 Å². The predicted octanol–water partition coefficient (Wildman–Crippen LogP) is 5.02. The fraction of sp³-hybridized carbons (Fsp3) is 0.483. The molecular weight excluding hydrogens is 504 g/mol. The van der Waals surface area contributed by atoms with Crippen LogP contribution < -0.4 is 20.1 Å². The lowest BCUT2D eigenvalue weighted by atomic mass is 9.97. The summed E-state index contributed by atoms with van der Waals surface area (Å²) in [6.07, 6.45) is 7.56. The van der Waals surface area contributed by atoms with E-state index in [2.05, 4.69) is 10.6 Å². The zero-order valence-corrected chi connectivity index (χ0v) is 23.8. The Morgan fingerprint density at radius 2 is 1.89 bits per heavy atom. The number of rotatable bonds is 17. The maximum atomic E-state index is 13.3. The molecule has 1 heterocycles. The molecule has 9 heteroatoms. The molecule has 0 saturated carbocycles. The molecule has 0 aliphatic carbocycles. The van der Waals surface area contributed by atoms with E-state index in [1.165, 1.54) is 17.8 Å². The Balaban J connectivity index is 2.06.